The van der Waals surface area contributed by atoms with Gasteiger partial charge in [0.15, 0.2) is 0 Å². The highest BCUT2D eigenvalue weighted by Crippen LogP contribution is 2.27. The van der Waals surface area contributed by atoms with Gasteiger partial charge in [-0.25, -0.2) is 4.39 Å². The number of anilines is 1. The van der Waals surface area contributed by atoms with Gasteiger partial charge in [0, 0.05) is 30.8 Å². The molecule has 2 amide bonds. The third-order valence-corrected chi connectivity index (χ3v) is 4.78. The Morgan fingerprint density at radius 3 is 2.54 bits per heavy atom. The van der Waals surface area contributed by atoms with Crippen molar-refractivity contribution in [2.24, 2.45) is 5.92 Å². The molecular formula is C21H23FN2O2. The van der Waals surface area contributed by atoms with E-state index < -0.39 is 5.92 Å². The molecule has 1 aliphatic rings. The van der Waals surface area contributed by atoms with Crippen molar-refractivity contribution in [2.75, 3.05) is 11.4 Å². The van der Waals surface area contributed by atoms with E-state index >= 15 is 0 Å². The summed E-state index contributed by atoms with van der Waals surface area (Å²) in [6.07, 6.45) is 0.176. The number of hydrogen-bond acceptors (Lipinski definition) is 2. The molecule has 1 N–H and O–H groups in total. The number of rotatable bonds is 5. The van der Waals surface area contributed by atoms with Crippen molar-refractivity contribution in [3.63, 3.8) is 0 Å². The van der Waals surface area contributed by atoms with Gasteiger partial charge in [-0.05, 0) is 29.7 Å². The molecule has 0 saturated carbocycles. The van der Waals surface area contributed by atoms with Crippen LogP contribution in [0.15, 0.2) is 48.5 Å². The standard InChI is InChI=1S/C21H23FN2O2/c1-14(2)15-7-9-18(10-8-15)24-13-17(11-20(24)25)21(26)23-12-16-5-3-4-6-19(16)22/h3-10,14,17H,11-13H2,1-2H3,(H,23,26)/t17-/m0/s1. The molecule has 1 fully saturated rings. The molecule has 26 heavy (non-hydrogen) atoms. The summed E-state index contributed by atoms with van der Waals surface area (Å²) in [7, 11) is 0. The van der Waals surface area contributed by atoms with Gasteiger partial charge in [-0.3, -0.25) is 9.59 Å². The average Bonchev–Trinajstić information content (AvgIpc) is 3.02. The van der Waals surface area contributed by atoms with Crippen LogP contribution < -0.4 is 10.2 Å². The van der Waals surface area contributed by atoms with E-state index in [-0.39, 0.29) is 30.6 Å². The summed E-state index contributed by atoms with van der Waals surface area (Å²) in [5, 5.41) is 2.74. The van der Waals surface area contributed by atoms with Crippen molar-refractivity contribution in [2.45, 2.75) is 32.7 Å². The molecule has 0 unspecified atom stereocenters. The zero-order valence-electron chi connectivity index (χ0n) is 15.0. The van der Waals surface area contributed by atoms with Gasteiger partial charge >= 0.3 is 0 Å². The van der Waals surface area contributed by atoms with Crippen LogP contribution in [0.3, 0.4) is 0 Å². The lowest BCUT2D eigenvalue weighted by atomic mass is 10.0. The summed E-state index contributed by atoms with van der Waals surface area (Å²) in [6.45, 7) is 4.71. The Labute approximate surface area is 153 Å². The highest BCUT2D eigenvalue weighted by Gasteiger charge is 2.35. The van der Waals surface area contributed by atoms with Crippen LogP contribution in [0.5, 0.6) is 0 Å². The molecule has 1 aliphatic heterocycles. The molecule has 1 saturated heterocycles. The number of halogens is 1. The smallest absolute Gasteiger partial charge is 0.227 e. The summed E-state index contributed by atoms with van der Waals surface area (Å²) < 4.78 is 13.6. The van der Waals surface area contributed by atoms with E-state index in [9.17, 15) is 14.0 Å². The van der Waals surface area contributed by atoms with E-state index in [2.05, 4.69) is 19.2 Å². The number of benzene rings is 2. The average molecular weight is 354 g/mol. The van der Waals surface area contributed by atoms with Crippen molar-refractivity contribution in [1.82, 2.24) is 5.32 Å². The second kappa shape index (κ2) is 7.68. The minimum atomic E-state index is -0.418. The van der Waals surface area contributed by atoms with Crippen LogP contribution in [0.2, 0.25) is 0 Å². The Kier molecular flexibility index (Phi) is 5.35. The minimum absolute atomic E-state index is 0.0617. The lowest BCUT2D eigenvalue weighted by Gasteiger charge is -2.18. The van der Waals surface area contributed by atoms with E-state index in [0.29, 0.717) is 18.0 Å². The Morgan fingerprint density at radius 1 is 1.19 bits per heavy atom. The fraction of sp³-hybridized carbons (Fsp3) is 0.333. The molecular weight excluding hydrogens is 331 g/mol. The highest BCUT2D eigenvalue weighted by atomic mass is 19.1. The second-order valence-electron chi connectivity index (χ2n) is 6.96. The molecule has 0 aliphatic carbocycles. The summed E-state index contributed by atoms with van der Waals surface area (Å²) in [5.74, 6) is -0.618. The van der Waals surface area contributed by atoms with E-state index in [1.807, 2.05) is 24.3 Å². The Hall–Kier alpha value is -2.69. The van der Waals surface area contributed by atoms with Gasteiger partial charge in [-0.2, -0.15) is 0 Å². The fourth-order valence-electron chi connectivity index (χ4n) is 3.14. The summed E-state index contributed by atoms with van der Waals surface area (Å²) >= 11 is 0. The van der Waals surface area contributed by atoms with E-state index in [1.165, 1.54) is 11.6 Å². The molecule has 3 rings (SSSR count). The minimum Gasteiger partial charge on any atom is -0.352 e. The first kappa shape index (κ1) is 18.1. The van der Waals surface area contributed by atoms with E-state index in [4.69, 9.17) is 0 Å². The van der Waals surface area contributed by atoms with Crippen molar-refractivity contribution in [3.05, 3.63) is 65.5 Å². The van der Waals surface area contributed by atoms with Gasteiger partial charge in [-0.15, -0.1) is 0 Å². The third kappa shape index (κ3) is 3.93. The zero-order valence-corrected chi connectivity index (χ0v) is 15.0. The summed E-state index contributed by atoms with van der Waals surface area (Å²) in [6, 6.07) is 14.2. The maximum Gasteiger partial charge on any atom is 0.227 e. The first-order valence-corrected chi connectivity index (χ1v) is 8.87. The van der Waals surface area contributed by atoms with Gasteiger partial charge in [0.25, 0.3) is 0 Å². The molecule has 2 aromatic rings. The number of nitrogens with zero attached hydrogens (tertiary/aromatic N) is 1. The van der Waals surface area contributed by atoms with Crippen molar-refractivity contribution in [3.8, 4) is 0 Å². The normalized spacial score (nSPS) is 17.0. The predicted molar refractivity (Wildman–Crippen MR) is 99.2 cm³/mol. The molecule has 0 bridgehead atoms. The topological polar surface area (TPSA) is 49.4 Å². The Morgan fingerprint density at radius 2 is 1.88 bits per heavy atom. The number of carbonyl (C=O) groups is 2. The third-order valence-electron chi connectivity index (χ3n) is 4.78. The highest BCUT2D eigenvalue weighted by molar-refractivity contribution is 6.00. The predicted octanol–water partition coefficient (Wildman–Crippen LogP) is 3.62. The lowest BCUT2D eigenvalue weighted by molar-refractivity contribution is -0.126. The van der Waals surface area contributed by atoms with Crippen LogP contribution >= 0.6 is 0 Å². The SMILES string of the molecule is CC(C)c1ccc(N2C[C@@H](C(=O)NCc3ccccc3F)CC2=O)cc1. The zero-order chi connectivity index (χ0) is 18.7. The number of nitrogens with one attached hydrogen (secondary N) is 1. The molecule has 0 radical (unpaired) electrons. The van der Waals surface area contributed by atoms with Crippen molar-refractivity contribution < 1.29 is 14.0 Å². The van der Waals surface area contributed by atoms with Gasteiger partial charge in [0.05, 0.1) is 5.92 Å². The number of carbonyl (C=O) groups excluding carboxylic acids is 2. The first-order chi connectivity index (χ1) is 12.5. The van der Waals surface area contributed by atoms with Crippen molar-refractivity contribution >= 4 is 17.5 Å². The summed E-state index contributed by atoms with van der Waals surface area (Å²) in [4.78, 5) is 26.4. The van der Waals surface area contributed by atoms with Crippen LogP contribution in [-0.2, 0) is 16.1 Å². The molecule has 1 atom stereocenters. The van der Waals surface area contributed by atoms with Gasteiger partial charge < -0.3 is 10.2 Å². The monoisotopic (exact) mass is 354 g/mol. The fourth-order valence-corrected chi connectivity index (χ4v) is 3.14. The van der Waals surface area contributed by atoms with Crippen LogP contribution in [0, 0.1) is 11.7 Å². The molecule has 5 heteroatoms. The molecule has 0 aromatic heterocycles. The molecule has 0 spiro atoms. The van der Waals surface area contributed by atoms with Crippen LogP contribution in [-0.4, -0.2) is 18.4 Å². The summed E-state index contributed by atoms with van der Waals surface area (Å²) in [5.41, 5.74) is 2.45. The quantitative estimate of drug-likeness (QED) is 0.892. The maximum atomic E-state index is 13.6. The molecule has 136 valence electrons. The second-order valence-corrected chi connectivity index (χ2v) is 6.96. The lowest BCUT2D eigenvalue weighted by Crippen LogP contribution is -2.32. The molecule has 1 heterocycles. The van der Waals surface area contributed by atoms with Gasteiger partial charge in [0.2, 0.25) is 11.8 Å². The number of amides is 2. The van der Waals surface area contributed by atoms with E-state index in [1.54, 1.807) is 23.1 Å². The Bertz CT molecular complexity index is 802. The van der Waals surface area contributed by atoms with Crippen LogP contribution in [0.25, 0.3) is 0 Å². The Balaban J connectivity index is 1.61. The molecule has 2 aromatic carbocycles. The maximum absolute atomic E-state index is 13.6. The van der Waals surface area contributed by atoms with Crippen molar-refractivity contribution in [1.29, 1.82) is 0 Å². The van der Waals surface area contributed by atoms with Gasteiger partial charge in [-0.1, -0.05) is 44.2 Å². The van der Waals surface area contributed by atoms with Crippen LogP contribution in [0.4, 0.5) is 10.1 Å². The van der Waals surface area contributed by atoms with Crippen LogP contribution in [0.1, 0.15) is 37.3 Å². The number of hydrogen-bond donors (Lipinski definition) is 1. The molecule has 4 nitrogen and oxygen atoms in total. The first-order valence-electron chi connectivity index (χ1n) is 8.87. The van der Waals surface area contributed by atoms with E-state index in [0.717, 1.165) is 5.69 Å². The largest absolute Gasteiger partial charge is 0.352 e. The van der Waals surface area contributed by atoms with Gasteiger partial charge in [0.1, 0.15) is 5.82 Å².